The second-order valence-corrected chi connectivity index (χ2v) is 8.70. The Balaban J connectivity index is 1.83. The van der Waals surface area contributed by atoms with Crippen LogP contribution in [0.15, 0.2) is 64.4 Å². The number of nitrogens with zero attached hydrogens (tertiary/aromatic N) is 1. The number of hydrogen-bond acceptors (Lipinski definition) is 6. The third kappa shape index (κ3) is 5.58. The molecular weight excluding hydrogens is 408 g/mol. The van der Waals surface area contributed by atoms with E-state index < -0.39 is 16.6 Å². The van der Waals surface area contributed by atoms with Gasteiger partial charge in [0.25, 0.3) is 11.6 Å². The van der Waals surface area contributed by atoms with Crippen LogP contribution in [0.3, 0.4) is 0 Å². The minimum absolute atomic E-state index is 0.0624. The predicted octanol–water partition coefficient (Wildman–Crippen LogP) is 4.82. The number of aryl methyl sites for hydroxylation is 1. The van der Waals surface area contributed by atoms with Gasteiger partial charge in [-0.25, -0.2) is 0 Å². The Morgan fingerprint density at radius 3 is 2.45 bits per heavy atom. The molecule has 3 rings (SSSR count). The van der Waals surface area contributed by atoms with Crippen LogP contribution in [-0.4, -0.2) is 28.1 Å². The monoisotopic (exact) mass is 426 g/mol. The van der Waals surface area contributed by atoms with Crippen LogP contribution in [0.25, 0.3) is 6.08 Å². The molecule has 8 heteroatoms. The number of allylic oxidation sites excluding steroid dienone is 1. The molecule has 1 aliphatic heterocycles. The predicted molar refractivity (Wildman–Crippen MR) is 119 cm³/mol. The number of thioether (sulfide) groups is 2. The van der Waals surface area contributed by atoms with Crippen molar-refractivity contribution in [3.05, 3.63) is 85.7 Å². The first-order chi connectivity index (χ1) is 13.9. The van der Waals surface area contributed by atoms with E-state index in [0.717, 1.165) is 22.6 Å². The summed E-state index contributed by atoms with van der Waals surface area (Å²) in [7, 11) is 0. The highest BCUT2D eigenvalue weighted by molar-refractivity contribution is 8.25. The maximum Gasteiger partial charge on any atom is 0.271 e. The van der Waals surface area contributed by atoms with E-state index in [1.165, 1.54) is 47.8 Å². The molecule has 0 unspecified atom stereocenters. The second kappa shape index (κ2) is 9.58. The molecule has 1 amide bonds. The van der Waals surface area contributed by atoms with Gasteiger partial charge in [0.1, 0.15) is 5.57 Å². The average Bonchev–Trinajstić information content (AvgIpc) is 3.22. The Bertz CT molecular complexity index is 1010. The fourth-order valence-corrected chi connectivity index (χ4v) is 5.13. The number of benzene rings is 2. The van der Waals surface area contributed by atoms with Gasteiger partial charge in [0.15, 0.2) is 5.78 Å². The number of hydrogen-bond donors (Lipinski definition) is 1. The quantitative estimate of drug-likeness (QED) is 0.234. The van der Waals surface area contributed by atoms with Crippen molar-refractivity contribution in [2.24, 2.45) is 0 Å². The third-order valence-corrected chi connectivity index (χ3v) is 6.76. The molecule has 0 atom stereocenters. The van der Waals surface area contributed by atoms with Crippen molar-refractivity contribution in [3.8, 4) is 0 Å². The first-order valence-electron chi connectivity index (χ1n) is 8.79. The van der Waals surface area contributed by atoms with Crippen LogP contribution in [0, 0.1) is 17.0 Å². The van der Waals surface area contributed by atoms with Crippen LogP contribution in [0.4, 0.5) is 11.4 Å². The topological polar surface area (TPSA) is 89.3 Å². The van der Waals surface area contributed by atoms with E-state index in [1.54, 1.807) is 12.1 Å². The van der Waals surface area contributed by atoms with E-state index in [2.05, 4.69) is 5.32 Å². The molecule has 0 spiro atoms. The van der Waals surface area contributed by atoms with Gasteiger partial charge in [-0.15, -0.1) is 23.5 Å². The number of amides is 1. The Kier molecular flexibility index (Phi) is 6.90. The zero-order valence-corrected chi connectivity index (χ0v) is 17.2. The standard InChI is InChI=1S/C21H18N2O4S2/c1-14-5-7-15(8-6-14)9-10-18(24)19(21-28-11-12-29-21)20(25)22-16-3-2-4-17(13-16)23(26)27/h2-10,13H,11-12H2,1H3,(H,22,25)/b10-9-. The molecule has 6 nitrogen and oxygen atoms in total. The summed E-state index contributed by atoms with van der Waals surface area (Å²) < 4.78 is 0.673. The molecule has 1 N–H and O–H groups in total. The second-order valence-electron chi connectivity index (χ2n) is 6.23. The van der Waals surface area contributed by atoms with E-state index in [1.807, 2.05) is 31.2 Å². The summed E-state index contributed by atoms with van der Waals surface area (Å²) in [4.78, 5) is 36.1. The number of nitro groups is 1. The average molecular weight is 427 g/mol. The highest BCUT2D eigenvalue weighted by Gasteiger charge is 2.25. The van der Waals surface area contributed by atoms with Crippen molar-refractivity contribution < 1.29 is 14.5 Å². The van der Waals surface area contributed by atoms with Crippen molar-refractivity contribution in [1.29, 1.82) is 0 Å². The first-order valence-corrected chi connectivity index (χ1v) is 10.8. The van der Waals surface area contributed by atoms with Gasteiger partial charge < -0.3 is 5.32 Å². The van der Waals surface area contributed by atoms with Gasteiger partial charge in [0, 0.05) is 29.3 Å². The summed E-state index contributed by atoms with van der Waals surface area (Å²) in [5.41, 5.74) is 2.18. The normalized spacial score (nSPS) is 13.5. The van der Waals surface area contributed by atoms with E-state index in [4.69, 9.17) is 0 Å². The molecule has 29 heavy (non-hydrogen) atoms. The Morgan fingerprint density at radius 2 is 1.79 bits per heavy atom. The summed E-state index contributed by atoms with van der Waals surface area (Å²) in [6, 6.07) is 13.3. The van der Waals surface area contributed by atoms with Crippen molar-refractivity contribution in [2.75, 3.05) is 16.8 Å². The fraction of sp³-hybridized carbons (Fsp3) is 0.143. The number of anilines is 1. The number of carbonyl (C=O) groups excluding carboxylic acids is 2. The fourth-order valence-electron chi connectivity index (χ4n) is 2.58. The lowest BCUT2D eigenvalue weighted by Crippen LogP contribution is -2.20. The van der Waals surface area contributed by atoms with Crippen LogP contribution in [0.1, 0.15) is 11.1 Å². The van der Waals surface area contributed by atoms with Gasteiger partial charge in [-0.1, -0.05) is 42.0 Å². The molecule has 2 aromatic rings. The van der Waals surface area contributed by atoms with Crippen molar-refractivity contribution in [1.82, 2.24) is 0 Å². The molecular formula is C21H18N2O4S2. The SMILES string of the molecule is Cc1ccc(/C=C\C(=O)C(C(=O)Nc2cccc([N+](=O)[O-])c2)=C2SCCS2)cc1. The Hall–Kier alpha value is -2.84. The van der Waals surface area contributed by atoms with Crippen LogP contribution in [-0.2, 0) is 9.59 Å². The molecule has 0 saturated carbocycles. The minimum atomic E-state index is -0.569. The Morgan fingerprint density at radius 1 is 1.10 bits per heavy atom. The van der Waals surface area contributed by atoms with Gasteiger partial charge in [-0.2, -0.15) is 0 Å². The van der Waals surface area contributed by atoms with E-state index in [9.17, 15) is 19.7 Å². The molecule has 1 fully saturated rings. The summed E-state index contributed by atoms with van der Waals surface area (Å²) in [6.45, 7) is 1.98. The molecule has 0 radical (unpaired) electrons. The van der Waals surface area contributed by atoms with Crippen LogP contribution < -0.4 is 5.32 Å². The molecule has 0 aromatic heterocycles. The molecule has 148 valence electrons. The molecule has 0 bridgehead atoms. The lowest BCUT2D eigenvalue weighted by molar-refractivity contribution is -0.384. The molecule has 2 aromatic carbocycles. The zero-order chi connectivity index (χ0) is 20.8. The third-order valence-electron chi connectivity index (χ3n) is 4.05. The summed E-state index contributed by atoms with van der Waals surface area (Å²) >= 11 is 2.94. The summed E-state index contributed by atoms with van der Waals surface area (Å²) in [6.07, 6.45) is 3.06. The molecule has 0 aliphatic carbocycles. The largest absolute Gasteiger partial charge is 0.322 e. The van der Waals surface area contributed by atoms with Crippen molar-refractivity contribution in [3.63, 3.8) is 0 Å². The highest BCUT2D eigenvalue weighted by Crippen LogP contribution is 2.39. The highest BCUT2D eigenvalue weighted by atomic mass is 32.2. The van der Waals surface area contributed by atoms with Gasteiger partial charge in [-0.05, 0) is 24.6 Å². The lowest BCUT2D eigenvalue weighted by Gasteiger charge is -2.09. The van der Waals surface area contributed by atoms with Gasteiger partial charge in [-0.3, -0.25) is 19.7 Å². The van der Waals surface area contributed by atoms with Crippen LogP contribution in [0.2, 0.25) is 0 Å². The van der Waals surface area contributed by atoms with Crippen molar-refractivity contribution >= 4 is 52.7 Å². The zero-order valence-electron chi connectivity index (χ0n) is 15.6. The lowest BCUT2D eigenvalue weighted by atomic mass is 10.1. The molecule has 1 saturated heterocycles. The van der Waals surface area contributed by atoms with Crippen molar-refractivity contribution in [2.45, 2.75) is 6.92 Å². The number of rotatable bonds is 6. The maximum atomic E-state index is 12.9. The maximum absolute atomic E-state index is 12.9. The number of nitro benzene ring substituents is 1. The summed E-state index contributed by atoms with van der Waals surface area (Å²) in [5.74, 6) is 0.678. The van der Waals surface area contributed by atoms with Gasteiger partial charge in [0.2, 0.25) is 0 Å². The summed E-state index contributed by atoms with van der Waals surface area (Å²) in [5, 5.41) is 13.6. The number of ketones is 1. The minimum Gasteiger partial charge on any atom is -0.322 e. The van der Waals surface area contributed by atoms with Crippen LogP contribution in [0.5, 0.6) is 0 Å². The van der Waals surface area contributed by atoms with E-state index >= 15 is 0 Å². The Labute approximate surface area is 176 Å². The van der Waals surface area contributed by atoms with Gasteiger partial charge >= 0.3 is 0 Å². The number of carbonyl (C=O) groups is 2. The van der Waals surface area contributed by atoms with E-state index in [0.29, 0.717) is 4.24 Å². The number of non-ortho nitro benzene ring substituents is 1. The number of nitrogens with one attached hydrogen (secondary N) is 1. The molecule has 1 aliphatic rings. The molecule has 1 heterocycles. The van der Waals surface area contributed by atoms with Crippen LogP contribution >= 0.6 is 23.5 Å². The van der Waals surface area contributed by atoms with Gasteiger partial charge in [0.05, 0.1) is 9.16 Å². The smallest absolute Gasteiger partial charge is 0.271 e. The van der Waals surface area contributed by atoms with E-state index in [-0.39, 0.29) is 16.9 Å². The first kappa shape index (κ1) is 20.9.